The molecule has 0 saturated heterocycles. The summed E-state index contributed by atoms with van der Waals surface area (Å²) in [5, 5.41) is 3.04. The normalized spacial score (nSPS) is 15.6. The number of carbonyl (C=O) groups is 1. The van der Waals surface area contributed by atoms with Crippen LogP contribution < -0.4 is 24.2 Å². The number of amides is 1. The van der Waals surface area contributed by atoms with Gasteiger partial charge in [0, 0.05) is 11.3 Å². The van der Waals surface area contributed by atoms with Crippen molar-refractivity contribution >= 4 is 21.6 Å². The lowest BCUT2D eigenvalue weighted by molar-refractivity contribution is -0.118. The van der Waals surface area contributed by atoms with Gasteiger partial charge < -0.3 is 19.5 Å². The van der Waals surface area contributed by atoms with Crippen LogP contribution in [0.25, 0.3) is 11.1 Å². The first-order chi connectivity index (χ1) is 16.4. The topological polar surface area (TPSA) is 103 Å². The second-order valence-electron chi connectivity index (χ2n) is 8.25. The van der Waals surface area contributed by atoms with E-state index in [9.17, 15) is 13.2 Å². The molecule has 1 fully saturated rings. The Morgan fingerprint density at radius 2 is 1.71 bits per heavy atom. The van der Waals surface area contributed by atoms with Crippen molar-refractivity contribution < 1.29 is 27.4 Å². The highest BCUT2D eigenvalue weighted by Crippen LogP contribution is 2.51. The smallest absolute Gasteiger partial charge is 0.240 e. The lowest BCUT2D eigenvalue weighted by Gasteiger charge is -2.18. The van der Waals surface area contributed by atoms with E-state index in [4.69, 9.17) is 14.2 Å². The van der Waals surface area contributed by atoms with Gasteiger partial charge in [-0.05, 0) is 73.5 Å². The van der Waals surface area contributed by atoms with Gasteiger partial charge in [-0.15, -0.1) is 0 Å². The van der Waals surface area contributed by atoms with Gasteiger partial charge in [0.2, 0.25) is 22.7 Å². The maximum absolute atomic E-state index is 13.3. The second-order valence-corrected chi connectivity index (χ2v) is 10.1. The van der Waals surface area contributed by atoms with Crippen molar-refractivity contribution in [1.82, 2.24) is 4.72 Å². The lowest BCUT2D eigenvalue weighted by Crippen LogP contribution is -2.27. The van der Waals surface area contributed by atoms with Crippen molar-refractivity contribution in [2.45, 2.75) is 23.2 Å². The van der Waals surface area contributed by atoms with Crippen LogP contribution in [0.1, 0.15) is 18.4 Å². The van der Waals surface area contributed by atoms with Crippen LogP contribution in [0.3, 0.4) is 0 Å². The lowest BCUT2D eigenvalue weighted by atomic mass is 9.94. The first kappa shape index (κ1) is 22.2. The Morgan fingerprint density at radius 1 is 0.971 bits per heavy atom. The Kier molecular flexibility index (Phi) is 5.45. The molecule has 2 N–H and O–H groups in total. The van der Waals surface area contributed by atoms with Gasteiger partial charge in [-0.25, -0.2) is 13.1 Å². The number of hydrogen-bond acceptors (Lipinski definition) is 6. The van der Waals surface area contributed by atoms with Gasteiger partial charge in [-0.2, -0.15) is 0 Å². The van der Waals surface area contributed by atoms with E-state index < -0.39 is 15.4 Å². The van der Waals surface area contributed by atoms with Crippen LogP contribution in [0, 0.1) is 0 Å². The number of carbonyl (C=O) groups excluding carboxylic acids is 1. The van der Waals surface area contributed by atoms with E-state index in [1.165, 1.54) is 19.2 Å². The van der Waals surface area contributed by atoms with Crippen LogP contribution in [0.2, 0.25) is 0 Å². The average Bonchev–Trinajstić information content (AvgIpc) is 3.55. The van der Waals surface area contributed by atoms with Gasteiger partial charge in [0.25, 0.3) is 0 Å². The third-order valence-corrected chi connectivity index (χ3v) is 7.74. The largest absolute Gasteiger partial charge is 0.496 e. The summed E-state index contributed by atoms with van der Waals surface area (Å²) in [5.74, 6) is 1.87. The summed E-state index contributed by atoms with van der Waals surface area (Å²) in [6, 6.07) is 17.5. The summed E-state index contributed by atoms with van der Waals surface area (Å²) in [4.78, 5) is 13.5. The van der Waals surface area contributed by atoms with E-state index in [0.717, 1.165) is 29.5 Å². The van der Waals surface area contributed by atoms with Gasteiger partial charge >= 0.3 is 0 Å². The molecule has 8 nitrogen and oxygen atoms in total. The summed E-state index contributed by atoms with van der Waals surface area (Å²) in [5.41, 5.74) is 2.44. The first-order valence-corrected chi connectivity index (χ1v) is 12.3. The van der Waals surface area contributed by atoms with Crippen LogP contribution in [0.15, 0.2) is 65.6 Å². The summed E-state index contributed by atoms with van der Waals surface area (Å²) in [7, 11) is -0.597. The molecule has 0 atom stereocenters. The third-order valence-electron chi connectivity index (χ3n) is 6.31. The third kappa shape index (κ3) is 3.86. The van der Waals surface area contributed by atoms with Crippen molar-refractivity contribution in [3.05, 3.63) is 66.2 Å². The zero-order chi connectivity index (χ0) is 23.9. The Labute approximate surface area is 197 Å². The number of ether oxygens (including phenoxy) is 3. The van der Waals surface area contributed by atoms with Crippen LogP contribution in [-0.4, -0.2) is 35.3 Å². The maximum Gasteiger partial charge on any atom is 0.240 e. The van der Waals surface area contributed by atoms with Crippen LogP contribution in [0.5, 0.6) is 17.2 Å². The van der Waals surface area contributed by atoms with E-state index in [0.29, 0.717) is 22.9 Å². The molecular formula is C25H24N2O6S. The number of fused-ring (bicyclic) bond motifs is 1. The fraction of sp³-hybridized carbons (Fsp3) is 0.240. The number of benzene rings is 3. The van der Waals surface area contributed by atoms with Gasteiger partial charge in [0.15, 0.2) is 11.5 Å². The second kappa shape index (κ2) is 8.34. The number of rotatable bonds is 7. The fourth-order valence-corrected chi connectivity index (χ4v) is 4.89. The van der Waals surface area contributed by atoms with E-state index in [-0.39, 0.29) is 17.6 Å². The SMILES string of the molecule is CNS(=O)(=O)c1ccc(-c2cc(NC(=O)C3(c4ccc5c(c4)OCO5)CC3)ccc2OC)cc1. The molecule has 3 aromatic carbocycles. The van der Waals surface area contributed by atoms with E-state index in [1.54, 1.807) is 31.4 Å². The molecule has 0 radical (unpaired) electrons. The van der Waals surface area contributed by atoms with Crippen LogP contribution in [0.4, 0.5) is 5.69 Å². The molecule has 5 rings (SSSR count). The van der Waals surface area contributed by atoms with Crippen LogP contribution in [-0.2, 0) is 20.2 Å². The number of anilines is 1. The number of nitrogens with one attached hydrogen (secondary N) is 2. The zero-order valence-corrected chi connectivity index (χ0v) is 19.6. The number of sulfonamides is 1. The van der Waals surface area contributed by atoms with Crippen molar-refractivity contribution in [2.75, 3.05) is 26.3 Å². The molecule has 9 heteroatoms. The predicted octanol–water partition coefficient (Wildman–Crippen LogP) is 3.67. The monoisotopic (exact) mass is 480 g/mol. The van der Waals surface area contributed by atoms with E-state index in [1.807, 2.05) is 24.3 Å². The molecule has 3 aromatic rings. The summed E-state index contributed by atoms with van der Waals surface area (Å²) in [6.45, 7) is 0.189. The minimum atomic E-state index is -3.53. The summed E-state index contributed by atoms with van der Waals surface area (Å²) >= 11 is 0. The standard InChI is InChI=1S/C25H24N2O6S/c1-26-34(29,30)19-7-3-16(4-8-19)20-14-18(6-10-21(20)31-2)27-24(28)25(11-12-25)17-5-9-22-23(13-17)33-15-32-22/h3-10,13-14,26H,11-12,15H2,1-2H3,(H,27,28). The maximum atomic E-state index is 13.3. The zero-order valence-electron chi connectivity index (χ0n) is 18.8. The van der Waals surface area contributed by atoms with Crippen LogP contribution >= 0.6 is 0 Å². The molecule has 34 heavy (non-hydrogen) atoms. The summed E-state index contributed by atoms with van der Waals surface area (Å²) < 4.78 is 42.7. The molecule has 0 unspecified atom stereocenters. The quantitative estimate of drug-likeness (QED) is 0.535. The molecule has 1 heterocycles. The van der Waals surface area contributed by atoms with E-state index >= 15 is 0 Å². The molecule has 0 spiro atoms. The van der Waals surface area contributed by atoms with Gasteiger partial charge in [0.1, 0.15) is 5.75 Å². The Balaban J connectivity index is 1.41. The van der Waals surface area contributed by atoms with Gasteiger partial charge in [-0.3, -0.25) is 4.79 Å². The van der Waals surface area contributed by atoms with Crippen molar-refractivity contribution in [3.8, 4) is 28.4 Å². The molecule has 0 aromatic heterocycles. The minimum Gasteiger partial charge on any atom is -0.496 e. The van der Waals surface area contributed by atoms with Gasteiger partial charge in [0.05, 0.1) is 17.4 Å². The molecule has 1 saturated carbocycles. The molecule has 1 aliphatic carbocycles. The molecule has 0 bridgehead atoms. The molecular weight excluding hydrogens is 456 g/mol. The average molecular weight is 481 g/mol. The molecule has 1 aliphatic heterocycles. The number of methoxy groups -OCH3 is 1. The molecule has 1 amide bonds. The van der Waals surface area contributed by atoms with Crippen molar-refractivity contribution in [3.63, 3.8) is 0 Å². The Hall–Kier alpha value is -3.56. The predicted molar refractivity (Wildman–Crippen MR) is 127 cm³/mol. The highest BCUT2D eigenvalue weighted by Gasteiger charge is 2.51. The van der Waals surface area contributed by atoms with Crippen molar-refractivity contribution in [2.24, 2.45) is 0 Å². The minimum absolute atomic E-state index is 0.0852. The Morgan fingerprint density at radius 3 is 2.38 bits per heavy atom. The molecule has 2 aliphatic rings. The highest BCUT2D eigenvalue weighted by atomic mass is 32.2. The number of hydrogen-bond donors (Lipinski definition) is 2. The van der Waals surface area contributed by atoms with Crippen molar-refractivity contribution in [1.29, 1.82) is 0 Å². The van der Waals surface area contributed by atoms with Gasteiger partial charge in [-0.1, -0.05) is 18.2 Å². The fourth-order valence-electron chi connectivity index (χ4n) is 4.16. The first-order valence-electron chi connectivity index (χ1n) is 10.8. The summed E-state index contributed by atoms with van der Waals surface area (Å²) in [6.07, 6.45) is 1.51. The van der Waals surface area contributed by atoms with E-state index in [2.05, 4.69) is 10.0 Å². The molecule has 176 valence electrons. The Bertz CT molecular complexity index is 1360. The highest BCUT2D eigenvalue weighted by molar-refractivity contribution is 7.89.